The van der Waals surface area contributed by atoms with Crippen molar-refractivity contribution in [1.82, 2.24) is 20.4 Å². The van der Waals surface area contributed by atoms with Crippen molar-refractivity contribution in [2.45, 2.75) is 31.4 Å². The summed E-state index contributed by atoms with van der Waals surface area (Å²) in [5.74, 6) is -0.0776. The lowest BCUT2D eigenvalue weighted by Crippen LogP contribution is -2.54. The smallest absolute Gasteiger partial charge is 0.325 e. The molecule has 3 aliphatic rings. The average Bonchev–Trinajstić information content (AvgIpc) is 2.73. The van der Waals surface area contributed by atoms with E-state index in [1.54, 1.807) is 0 Å². The molecule has 0 aromatic carbocycles. The van der Waals surface area contributed by atoms with Crippen molar-refractivity contribution in [1.29, 1.82) is 0 Å². The molecule has 1 spiro atoms. The highest BCUT2D eigenvalue weighted by atomic mass is 16.5. The second kappa shape index (κ2) is 5.90. The van der Waals surface area contributed by atoms with Crippen LogP contribution in [0.1, 0.15) is 19.8 Å². The van der Waals surface area contributed by atoms with Gasteiger partial charge in [0, 0.05) is 13.1 Å². The number of amides is 3. The first-order valence-electron chi connectivity index (χ1n) is 7.83. The molecule has 0 radical (unpaired) electrons. The Morgan fingerprint density at radius 3 is 2.81 bits per heavy atom. The Kier molecular flexibility index (Phi) is 4.14. The monoisotopic (exact) mass is 296 g/mol. The zero-order valence-electron chi connectivity index (χ0n) is 12.6. The maximum absolute atomic E-state index is 12.7. The Morgan fingerprint density at radius 2 is 2.10 bits per heavy atom. The Labute approximate surface area is 125 Å². The van der Waals surface area contributed by atoms with Gasteiger partial charge in [0.2, 0.25) is 0 Å². The molecule has 0 aliphatic carbocycles. The van der Waals surface area contributed by atoms with Gasteiger partial charge in [0.25, 0.3) is 5.91 Å². The van der Waals surface area contributed by atoms with Gasteiger partial charge in [-0.2, -0.15) is 0 Å². The van der Waals surface area contributed by atoms with Crippen LogP contribution in [0.15, 0.2) is 0 Å². The third-order valence-corrected chi connectivity index (χ3v) is 4.76. The number of rotatable bonds is 3. The lowest BCUT2D eigenvalue weighted by molar-refractivity contribution is -0.134. The number of hydrogen-bond acceptors (Lipinski definition) is 5. The summed E-state index contributed by atoms with van der Waals surface area (Å²) in [7, 11) is 0. The Morgan fingerprint density at radius 1 is 1.33 bits per heavy atom. The van der Waals surface area contributed by atoms with E-state index >= 15 is 0 Å². The van der Waals surface area contributed by atoms with Crippen LogP contribution in [-0.2, 0) is 9.53 Å². The van der Waals surface area contributed by atoms with E-state index in [2.05, 4.69) is 22.5 Å². The van der Waals surface area contributed by atoms with Crippen molar-refractivity contribution in [2.24, 2.45) is 0 Å². The number of piperidine rings is 1. The molecular weight excluding hydrogens is 272 g/mol. The summed E-state index contributed by atoms with van der Waals surface area (Å²) in [4.78, 5) is 28.5. The fourth-order valence-corrected chi connectivity index (χ4v) is 3.42. The first kappa shape index (κ1) is 14.7. The van der Waals surface area contributed by atoms with E-state index in [-0.39, 0.29) is 18.0 Å². The van der Waals surface area contributed by atoms with Crippen LogP contribution >= 0.6 is 0 Å². The summed E-state index contributed by atoms with van der Waals surface area (Å²) in [5, 5.41) is 6.14. The molecule has 118 valence electrons. The van der Waals surface area contributed by atoms with E-state index in [0.29, 0.717) is 26.0 Å². The molecule has 3 heterocycles. The zero-order valence-corrected chi connectivity index (χ0v) is 12.6. The van der Waals surface area contributed by atoms with Crippen molar-refractivity contribution in [3.63, 3.8) is 0 Å². The topological polar surface area (TPSA) is 73.9 Å². The molecule has 21 heavy (non-hydrogen) atoms. The molecule has 1 atom stereocenters. The number of morpholine rings is 1. The predicted molar refractivity (Wildman–Crippen MR) is 76.9 cm³/mol. The number of ether oxygens (including phenoxy) is 1. The van der Waals surface area contributed by atoms with Crippen molar-refractivity contribution in [2.75, 3.05) is 45.9 Å². The van der Waals surface area contributed by atoms with Crippen LogP contribution in [-0.4, -0.2) is 79.3 Å². The number of hydrogen-bond donors (Lipinski definition) is 2. The minimum Gasteiger partial charge on any atom is -0.374 e. The van der Waals surface area contributed by atoms with E-state index in [1.807, 2.05) is 0 Å². The minimum atomic E-state index is -0.679. The van der Waals surface area contributed by atoms with Crippen LogP contribution in [0.3, 0.4) is 0 Å². The van der Waals surface area contributed by atoms with E-state index in [1.165, 1.54) is 4.90 Å². The van der Waals surface area contributed by atoms with Crippen LogP contribution < -0.4 is 10.6 Å². The van der Waals surface area contributed by atoms with Gasteiger partial charge in [-0.25, -0.2) is 4.79 Å². The largest absolute Gasteiger partial charge is 0.374 e. The fourth-order valence-electron chi connectivity index (χ4n) is 3.42. The Hall–Kier alpha value is -1.18. The molecule has 3 aliphatic heterocycles. The summed E-state index contributed by atoms with van der Waals surface area (Å²) in [6.45, 7) is 7.33. The van der Waals surface area contributed by atoms with Crippen LogP contribution in [0.5, 0.6) is 0 Å². The molecule has 7 heteroatoms. The molecule has 3 amide bonds. The van der Waals surface area contributed by atoms with E-state index in [9.17, 15) is 9.59 Å². The quantitative estimate of drug-likeness (QED) is 0.679. The SMILES string of the molecule is CCN1CCOC(CN2C(=O)NC3(CCNCC3)C2=O)C1. The molecule has 3 saturated heterocycles. The molecule has 0 bridgehead atoms. The number of carbonyl (C=O) groups excluding carboxylic acids is 2. The molecular formula is C14H24N4O3. The fraction of sp³-hybridized carbons (Fsp3) is 0.857. The molecule has 3 rings (SSSR count). The second-order valence-corrected chi connectivity index (χ2v) is 6.06. The van der Waals surface area contributed by atoms with Crippen LogP contribution in [0.4, 0.5) is 4.79 Å². The average molecular weight is 296 g/mol. The molecule has 0 aromatic rings. The van der Waals surface area contributed by atoms with E-state index < -0.39 is 5.54 Å². The number of urea groups is 1. The number of carbonyl (C=O) groups is 2. The highest BCUT2D eigenvalue weighted by molar-refractivity contribution is 6.07. The number of nitrogens with one attached hydrogen (secondary N) is 2. The lowest BCUT2D eigenvalue weighted by atomic mass is 9.88. The van der Waals surface area contributed by atoms with Crippen molar-refractivity contribution < 1.29 is 14.3 Å². The molecule has 3 fully saturated rings. The highest BCUT2D eigenvalue weighted by Crippen LogP contribution is 2.27. The molecule has 1 unspecified atom stereocenters. The van der Waals surface area contributed by atoms with Gasteiger partial charge in [-0.05, 0) is 32.5 Å². The second-order valence-electron chi connectivity index (χ2n) is 6.06. The van der Waals surface area contributed by atoms with Crippen LogP contribution in [0.2, 0.25) is 0 Å². The predicted octanol–water partition coefficient (Wildman–Crippen LogP) is -0.619. The molecule has 0 aromatic heterocycles. The summed E-state index contributed by atoms with van der Waals surface area (Å²) in [6.07, 6.45) is 1.26. The van der Waals surface area contributed by atoms with Crippen molar-refractivity contribution >= 4 is 11.9 Å². The molecule has 2 N–H and O–H groups in total. The van der Waals surface area contributed by atoms with Crippen LogP contribution in [0.25, 0.3) is 0 Å². The minimum absolute atomic E-state index is 0.0776. The molecule has 0 saturated carbocycles. The van der Waals surface area contributed by atoms with Gasteiger partial charge in [0.1, 0.15) is 5.54 Å². The van der Waals surface area contributed by atoms with Gasteiger partial charge in [-0.3, -0.25) is 14.6 Å². The number of nitrogens with zero attached hydrogens (tertiary/aromatic N) is 2. The van der Waals surface area contributed by atoms with Gasteiger partial charge in [0.15, 0.2) is 0 Å². The normalized spacial score (nSPS) is 30.0. The van der Waals surface area contributed by atoms with Gasteiger partial charge in [0.05, 0.1) is 19.3 Å². The van der Waals surface area contributed by atoms with E-state index in [4.69, 9.17) is 4.74 Å². The third kappa shape index (κ3) is 2.77. The van der Waals surface area contributed by atoms with Crippen molar-refractivity contribution in [3.8, 4) is 0 Å². The lowest BCUT2D eigenvalue weighted by Gasteiger charge is -2.34. The summed E-state index contributed by atoms with van der Waals surface area (Å²) >= 11 is 0. The maximum Gasteiger partial charge on any atom is 0.325 e. The maximum atomic E-state index is 12.7. The molecule has 7 nitrogen and oxygen atoms in total. The first-order chi connectivity index (χ1) is 10.1. The number of imide groups is 1. The summed E-state index contributed by atoms with van der Waals surface area (Å²) < 4.78 is 5.72. The first-order valence-corrected chi connectivity index (χ1v) is 7.83. The number of likely N-dealkylation sites (N-methyl/N-ethyl adjacent to an activating group) is 1. The van der Waals surface area contributed by atoms with Gasteiger partial charge in [-0.15, -0.1) is 0 Å². The third-order valence-electron chi connectivity index (χ3n) is 4.76. The Bertz CT molecular complexity index is 422. The van der Waals surface area contributed by atoms with Gasteiger partial charge < -0.3 is 15.4 Å². The highest BCUT2D eigenvalue weighted by Gasteiger charge is 2.51. The summed E-state index contributed by atoms with van der Waals surface area (Å²) in [5.41, 5.74) is -0.679. The summed E-state index contributed by atoms with van der Waals surface area (Å²) in [6, 6.07) is -0.265. The zero-order chi connectivity index (χ0) is 14.9. The Balaban J connectivity index is 1.65. The van der Waals surface area contributed by atoms with Gasteiger partial charge >= 0.3 is 6.03 Å². The standard InChI is InChI=1S/C14H24N4O3/c1-2-17-7-8-21-11(9-17)10-18-12(19)14(16-13(18)20)3-5-15-6-4-14/h11,15H,2-10H2,1H3,(H,16,20). The van der Waals surface area contributed by atoms with Crippen LogP contribution in [0, 0.1) is 0 Å². The van der Waals surface area contributed by atoms with Crippen molar-refractivity contribution in [3.05, 3.63) is 0 Å². The van der Waals surface area contributed by atoms with E-state index in [0.717, 1.165) is 32.7 Å². The van der Waals surface area contributed by atoms with Gasteiger partial charge in [-0.1, -0.05) is 6.92 Å².